The number of fused-ring (bicyclic) bond motifs is 1. The average molecular weight is 531 g/mol. The fourth-order valence-corrected chi connectivity index (χ4v) is 6.07. The largest absolute Gasteiger partial charge is 0.370 e. The summed E-state index contributed by atoms with van der Waals surface area (Å²) in [5.74, 6) is 0.784. The Labute approximate surface area is 228 Å². The number of pyridine rings is 2. The van der Waals surface area contributed by atoms with Crippen LogP contribution in [0.5, 0.6) is 0 Å². The van der Waals surface area contributed by atoms with Crippen LogP contribution in [0.2, 0.25) is 0 Å². The molecule has 39 heavy (non-hydrogen) atoms. The summed E-state index contributed by atoms with van der Waals surface area (Å²) in [4.78, 5) is 18.2. The lowest BCUT2D eigenvalue weighted by molar-refractivity contribution is -0.0327. The van der Waals surface area contributed by atoms with E-state index in [0.717, 1.165) is 73.9 Å². The minimum absolute atomic E-state index is 0.0924. The number of nitriles is 1. The topological polar surface area (TPSA) is 97.8 Å². The monoisotopic (exact) mass is 530 g/mol. The molecule has 2 unspecified atom stereocenters. The van der Waals surface area contributed by atoms with Crippen LogP contribution in [0.4, 0.5) is 21.6 Å². The van der Waals surface area contributed by atoms with Crippen molar-refractivity contribution in [1.29, 1.82) is 5.26 Å². The molecular weight excluding hydrogens is 495 g/mol. The molecule has 4 atom stereocenters. The van der Waals surface area contributed by atoms with Crippen molar-refractivity contribution in [2.24, 2.45) is 5.73 Å². The van der Waals surface area contributed by atoms with Gasteiger partial charge in [0.2, 0.25) is 0 Å². The number of anilines is 3. The second-order valence-electron chi connectivity index (χ2n) is 10.9. The van der Waals surface area contributed by atoms with E-state index in [4.69, 9.17) is 10.5 Å². The lowest BCUT2D eigenvalue weighted by atomic mass is 10.1. The van der Waals surface area contributed by atoms with Gasteiger partial charge in [-0.15, -0.1) is 0 Å². The molecule has 3 aliphatic heterocycles. The van der Waals surface area contributed by atoms with Crippen LogP contribution in [0, 0.1) is 11.3 Å². The van der Waals surface area contributed by atoms with Gasteiger partial charge in [-0.05, 0) is 43.3 Å². The van der Waals surface area contributed by atoms with Crippen LogP contribution in [0.3, 0.4) is 0 Å². The third-order valence-corrected chi connectivity index (χ3v) is 8.08. The molecule has 9 nitrogen and oxygen atoms in total. The predicted octanol–water partition coefficient (Wildman–Crippen LogP) is 2.40. The summed E-state index contributed by atoms with van der Waals surface area (Å²) < 4.78 is 20.2. The Balaban J connectivity index is 1.06. The van der Waals surface area contributed by atoms with Crippen LogP contribution in [-0.2, 0) is 4.74 Å². The highest BCUT2D eigenvalue weighted by molar-refractivity contribution is 5.95. The van der Waals surface area contributed by atoms with Crippen molar-refractivity contribution in [2.75, 3.05) is 73.6 Å². The fraction of sp³-hybridized carbons (Fsp3) is 0.483. The number of hydrogen-bond acceptors (Lipinski definition) is 9. The zero-order valence-electron chi connectivity index (χ0n) is 22.3. The summed E-state index contributed by atoms with van der Waals surface area (Å²) in [5, 5.41) is 10.5. The smallest absolute Gasteiger partial charge is 0.134 e. The first-order chi connectivity index (χ1) is 19.0. The molecule has 0 amide bonds. The molecule has 3 saturated heterocycles. The maximum absolute atomic E-state index is 13.8. The van der Waals surface area contributed by atoms with E-state index in [9.17, 15) is 9.65 Å². The quantitative estimate of drug-likeness (QED) is 0.533. The van der Waals surface area contributed by atoms with E-state index in [1.54, 1.807) is 6.20 Å². The number of nitrogens with zero attached hydrogens (tertiary/aromatic N) is 7. The number of halogens is 1. The fourth-order valence-electron chi connectivity index (χ4n) is 6.07. The zero-order chi connectivity index (χ0) is 26.9. The van der Waals surface area contributed by atoms with Gasteiger partial charge in [-0.2, -0.15) is 5.26 Å². The number of ether oxygens (including phenoxy) is 1. The van der Waals surface area contributed by atoms with Crippen molar-refractivity contribution >= 4 is 28.1 Å². The summed E-state index contributed by atoms with van der Waals surface area (Å²) in [6.45, 7) is 9.14. The molecular formula is C29H35FN8O. The van der Waals surface area contributed by atoms with E-state index < -0.39 is 12.2 Å². The van der Waals surface area contributed by atoms with Gasteiger partial charge in [-0.3, -0.25) is 9.88 Å². The number of rotatable bonds is 5. The molecule has 2 aromatic heterocycles. The van der Waals surface area contributed by atoms with Crippen molar-refractivity contribution in [3.8, 4) is 6.07 Å². The lowest BCUT2D eigenvalue weighted by Gasteiger charge is -2.42. The molecule has 1 aromatic carbocycles. The van der Waals surface area contributed by atoms with Crippen molar-refractivity contribution < 1.29 is 9.13 Å². The summed E-state index contributed by atoms with van der Waals surface area (Å²) >= 11 is 0. The van der Waals surface area contributed by atoms with Crippen molar-refractivity contribution in [2.45, 2.75) is 31.3 Å². The number of hydrogen-bond donors (Lipinski definition) is 1. The second-order valence-corrected chi connectivity index (χ2v) is 10.9. The van der Waals surface area contributed by atoms with E-state index in [1.165, 1.54) is 0 Å². The first-order valence-electron chi connectivity index (χ1n) is 13.7. The molecule has 10 heteroatoms. The molecule has 5 heterocycles. The van der Waals surface area contributed by atoms with E-state index in [1.807, 2.05) is 41.4 Å². The molecule has 0 bridgehead atoms. The van der Waals surface area contributed by atoms with E-state index in [0.29, 0.717) is 18.7 Å². The molecule has 0 radical (unpaired) electrons. The third-order valence-electron chi connectivity index (χ3n) is 8.08. The number of aromatic nitrogens is 2. The molecule has 0 aliphatic carbocycles. The van der Waals surface area contributed by atoms with Gasteiger partial charge in [-0.25, -0.2) is 9.37 Å². The highest BCUT2D eigenvalue weighted by Gasteiger charge is 2.31. The van der Waals surface area contributed by atoms with Crippen LogP contribution in [0.25, 0.3) is 10.9 Å². The van der Waals surface area contributed by atoms with Crippen molar-refractivity contribution in [1.82, 2.24) is 14.9 Å². The Morgan fingerprint density at radius 2 is 1.85 bits per heavy atom. The second kappa shape index (κ2) is 10.9. The minimum Gasteiger partial charge on any atom is -0.370 e. The number of benzene rings is 1. The Hall–Kier alpha value is -3.52. The number of nitrogens with two attached hydrogens (primary N) is 1. The normalized spacial score (nSPS) is 26.3. The Morgan fingerprint density at radius 1 is 1.00 bits per heavy atom. The number of piperazine rings is 1. The van der Waals surface area contributed by atoms with Crippen LogP contribution in [-0.4, -0.2) is 98.2 Å². The van der Waals surface area contributed by atoms with Gasteiger partial charge in [0, 0.05) is 69.6 Å². The first kappa shape index (κ1) is 25.7. The Bertz CT molecular complexity index is 1330. The molecule has 3 aliphatic rings. The SMILES string of the molecule is C[C@@H]1CN(c2ccc(C#N)c3ncccc23)C[C@H](CN2CCN(c3ccc(N4CC(N)C(F)C4)nc3)CC2)O1. The summed E-state index contributed by atoms with van der Waals surface area (Å²) in [6, 6.07) is 13.8. The highest BCUT2D eigenvalue weighted by atomic mass is 19.1. The summed E-state index contributed by atoms with van der Waals surface area (Å²) in [6.07, 6.45) is 2.84. The standard InChI is InChI=1S/C29H35FN8O/c1-20-15-37(27-6-4-21(13-31)29-24(27)3-2-8-33-29)17-23(39-20)16-35-9-11-36(12-10-35)22-5-7-28(34-14-22)38-18-25(30)26(32)19-38/h2-8,14,20,23,25-26H,9-12,15-19,32H2,1H3/t20-,23+,25?,26?/m1/s1. The number of morpholine rings is 1. The Morgan fingerprint density at radius 3 is 2.56 bits per heavy atom. The van der Waals surface area contributed by atoms with Crippen LogP contribution in [0.1, 0.15) is 12.5 Å². The molecule has 3 aromatic rings. The van der Waals surface area contributed by atoms with Crippen molar-refractivity contribution in [3.63, 3.8) is 0 Å². The Kier molecular flexibility index (Phi) is 7.21. The van der Waals surface area contributed by atoms with E-state index >= 15 is 0 Å². The van der Waals surface area contributed by atoms with E-state index in [2.05, 4.69) is 43.7 Å². The summed E-state index contributed by atoms with van der Waals surface area (Å²) in [7, 11) is 0. The lowest BCUT2D eigenvalue weighted by Crippen LogP contribution is -2.54. The molecule has 0 spiro atoms. The van der Waals surface area contributed by atoms with Gasteiger partial charge >= 0.3 is 0 Å². The maximum atomic E-state index is 13.8. The number of alkyl halides is 1. The van der Waals surface area contributed by atoms with Crippen LogP contribution in [0.15, 0.2) is 48.8 Å². The van der Waals surface area contributed by atoms with Gasteiger partial charge in [-0.1, -0.05) is 0 Å². The molecule has 0 saturated carbocycles. The average Bonchev–Trinajstić information content (AvgIpc) is 3.30. The molecule has 2 N–H and O–H groups in total. The predicted molar refractivity (Wildman–Crippen MR) is 151 cm³/mol. The third kappa shape index (κ3) is 5.35. The first-order valence-corrected chi connectivity index (χ1v) is 13.7. The molecule has 3 fully saturated rings. The van der Waals surface area contributed by atoms with Gasteiger partial charge in [0.15, 0.2) is 0 Å². The zero-order valence-corrected chi connectivity index (χ0v) is 22.3. The molecule has 6 rings (SSSR count). The van der Waals surface area contributed by atoms with Crippen molar-refractivity contribution in [3.05, 3.63) is 54.4 Å². The minimum atomic E-state index is -0.997. The van der Waals surface area contributed by atoms with Gasteiger partial charge in [0.1, 0.15) is 18.1 Å². The molecule has 204 valence electrons. The van der Waals surface area contributed by atoms with Crippen LogP contribution >= 0.6 is 0 Å². The van der Waals surface area contributed by atoms with E-state index in [-0.39, 0.29) is 12.2 Å². The summed E-state index contributed by atoms with van der Waals surface area (Å²) in [5.41, 5.74) is 9.38. The van der Waals surface area contributed by atoms with Gasteiger partial charge in [0.05, 0.1) is 47.8 Å². The maximum Gasteiger partial charge on any atom is 0.134 e. The van der Waals surface area contributed by atoms with Gasteiger partial charge in [0.25, 0.3) is 0 Å². The van der Waals surface area contributed by atoms with Gasteiger partial charge < -0.3 is 25.2 Å². The highest BCUT2D eigenvalue weighted by Crippen LogP contribution is 2.30. The van der Waals surface area contributed by atoms with Crippen LogP contribution < -0.4 is 20.4 Å².